The number of hydrogen-bond donors (Lipinski definition) is 3. The van der Waals surface area contributed by atoms with E-state index in [9.17, 15) is 19.5 Å². The van der Waals surface area contributed by atoms with E-state index < -0.39 is 42.5 Å². The van der Waals surface area contributed by atoms with Crippen molar-refractivity contribution < 1.29 is 14.6 Å². The fraction of sp³-hybridized carbons (Fsp3) is 0.629. The van der Waals surface area contributed by atoms with Gasteiger partial charge in [0, 0.05) is 45.1 Å². The third-order valence-corrected chi connectivity index (χ3v) is 11.6. The molecule has 3 aromatic rings. The summed E-state index contributed by atoms with van der Waals surface area (Å²) in [6.07, 6.45) is 5.47. The van der Waals surface area contributed by atoms with Crippen molar-refractivity contribution in [2.75, 3.05) is 13.2 Å². The Labute approximate surface area is 288 Å². The molecule has 2 aromatic heterocycles. The van der Waals surface area contributed by atoms with Crippen LogP contribution >= 0.6 is 0 Å². The molecule has 14 heteroatoms. The van der Waals surface area contributed by atoms with Crippen molar-refractivity contribution in [2.24, 2.45) is 11.1 Å². The number of nitrogens with zero attached hydrogens (tertiary/aromatic N) is 5. The largest absolute Gasteiger partial charge is 0.494 e. The van der Waals surface area contributed by atoms with Gasteiger partial charge in [0.2, 0.25) is 5.88 Å². The topological polar surface area (TPSA) is 172 Å². The lowest BCUT2D eigenvalue weighted by Crippen LogP contribution is -2.48. The molecular formula is C35H53N7O6Si. The molecule has 2 fully saturated rings. The first kappa shape index (κ1) is 36.5. The lowest BCUT2D eigenvalue weighted by molar-refractivity contribution is -0.00887. The van der Waals surface area contributed by atoms with E-state index in [1.165, 1.54) is 9.25 Å². The van der Waals surface area contributed by atoms with Gasteiger partial charge in [-0.25, -0.2) is 9.59 Å². The lowest BCUT2D eigenvalue weighted by atomic mass is 9.72. The van der Waals surface area contributed by atoms with E-state index in [0.717, 1.165) is 41.3 Å². The standard InChI is InChI=1S/C35H53N7O6Si/c1-5-6-18-39-31(43)28(29(36)37)32(44)42(34(39)46)27-14-16-35(17-15-27,23-48-21-25-10-8-7-9-11-25)22-40-30(26-12-13-26)38-41(33(40)45)24-47-19-20-49(2,3)4/h7-11,26-27,43H,5-6,12-24H2,1-4H3,(H3,36,37). The van der Waals surface area contributed by atoms with E-state index in [4.69, 9.17) is 25.7 Å². The predicted molar refractivity (Wildman–Crippen MR) is 191 cm³/mol. The number of aromatic hydroxyl groups is 1. The summed E-state index contributed by atoms with van der Waals surface area (Å²) in [5.74, 6) is -0.116. The van der Waals surface area contributed by atoms with Crippen molar-refractivity contribution in [1.29, 1.82) is 5.41 Å². The van der Waals surface area contributed by atoms with E-state index >= 15 is 0 Å². The highest BCUT2D eigenvalue weighted by atomic mass is 28.3. The van der Waals surface area contributed by atoms with Gasteiger partial charge in [0.1, 0.15) is 24.0 Å². The quantitative estimate of drug-likeness (QED) is 0.0809. The molecule has 268 valence electrons. The van der Waals surface area contributed by atoms with Crippen LogP contribution in [0.15, 0.2) is 44.7 Å². The second kappa shape index (κ2) is 15.4. The molecule has 0 atom stereocenters. The molecule has 2 aliphatic carbocycles. The van der Waals surface area contributed by atoms with E-state index in [0.29, 0.717) is 58.5 Å². The molecule has 5 rings (SSSR count). The molecule has 2 heterocycles. The zero-order valence-corrected chi connectivity index (χ0v) is 30.4. The number of amidine groups is 1. The maximum absolute atomic E-state index is 13.9. The number of rotatable bonds is 17. The first-order valence-electron chi connectivity index (χ1n) is 17.6. The van der Waals surface area contributed by atoms with Gasteiger partial charge in [-0.15, -0.1) is 0 Å². The predicted octanol–water partition coefficient (Wildman–Crippen LogP) is 4.37. The molecule has 13 nitrogen and oxygen atoms in total. The molecule has 0 amide bonds. The number of nitrogens with two attached hydrogens (primary N) is 1. The minimum absolute atomic E-state index is 0.113. The van der Waals surface area contributed by atoms with Crippen molar-refractivity contribution >= 4 is 13.9 Å². The molecule has 2 aliphatic rings. The van der Waals surface area contributed by atoms with Crippen LogP contribution in [-0.4, -0.2) is 55.7 Å². The van der Waals surface area contributed by atoms with Crippen LogP contribution in [0.1, 0.15) is 87.2 Å². The fourth-order valence-corrected chi connectivity index (χ4v) is 7.47. The molecule has 2 saturated carbocycles. The zero-order chi connectivity index (χ0) is 35.3. The summed E-state index contributed by atoms with van der Waals surface area (Å²) in [6, 6.07) is 10.5. The molecule has 1 aromatic carbocycles. The molecule has 0 bridgehead atoms. The van der Waals surface area contributed by atoms with Crippen LogP contribution in [-0.2, 0) is 35.9 Å². The first-order chi connectivity index (χ1) is 23.3. The van der Waals surface area contributed by atoms with Gasteiger partial charge in [0.15, 0.2) is 0 Å². The molecule has 0 radical (unpaired) electrons. The summed E-state index contributed by atoms with van der Waals surface area (Å²) in [6.45, 7) is 11.0. The summed E-state index contributed by atoms with van der Waals surface area (Å²) >= 11 is 0. The van der Waals surface area contributed by atoms with Crippen molar-refractivity contribution in [2.45, 2.75) is 122 Å². The lowest BCUT2D eigenvalue weighted by Gasteiger charge is -2.40. The fourth-order valence-electron chi connectivity index (χ4n) is 6.71. The summed E-state index contributed by atoms with van der Waals surface area (Å²) in [5, 5.41) is 23.5. The molecule has 49 heavy (non-hydrogen) atoms. The number of ether oxygens (including phenoxy) is 2. The minimum atomic E-state index is -1.28. The Morgan fingerprint density at radius 3 is 2.35 bits per heavy atom. The SMILES string of the molecule is CCCCn1c(O)c(C(=N)N)c(=O)n(C2CCC(COCc3ccccc3)(Cn3c(C4CC4)nn(COCC[Si](C)(C)C)c3=O)CC2)c1=O. The normalized spacial score (nSPS) is 19.7. The second-order valence-corrected chi connectivity index (χ2v) is 20.8. The zero-order valence-electron chi connectivity index (χ0n) is 29.4. The van der Waals surface area contributed by atoms with Gasteiger partial charge in [0.05, 0.1) is 13.2 Å². The molecule has 4 N–H and O–H groups in total. The third kappa shape index (κ3) is 8.71. The summed E-state index contributed by atoms with van der Waals surface area (Å²) < 4.78 is 17.9. The van der Waals surface area contributed by atoms with Crippen LogP contribution in [0.3, 0.4) is 0 Å². The Kier molecular flexibility index (Phi) is 11.5. The van der Waals surface area contributed by atoms with E-state index in [2.05, 4.69) is 19.6 Å². The Morgan fingerprint density at radius 1 is 1.04 bits per heavy atom. The number of aromatic nitrogens is 5. The van der Waals surface area contributed by atoms with E-state index in [1.54, 1.807) is 0 Å². The monoisotopic (exact) mass is 695 g/mol. The highest BCUT2D eigenvalue weighted by Crippen LogP contribution is 2.44. The number of hydrogen-bond acceptors (Lipinski definition) is 8. The minimum Gasteiger partial charge on any atom is -0.494 e. The summed E-state index contributed by atoms with van der Waals surface area (Å²) in [4.78, 5) is 41.1. The van der Waals surface area contributed by atoms with Gasteiger partial charge in [-0.2, -0.15) is 9.78 Å². The maximum Gasteiger partial charge on any atom is 0.348 e. The molecule has 0 unspecified atom stereocenters. The van der Waals surface area contributed by atoms with Crippen molar-refractivity contribution in [3.8, 4) is 5.88 Å². The van der Waals surface area contributed by atoms with Gasteiger partial charge < -0.3 is 20.3 Å². The van der Waals surface area contributed by atoms with Crippen molar-refractivity contribution in [1.82, 2.24) is 23.5 Å². The van der Waals surface area contributed by atoms with Gasteiger partial charge in [-0.05, 0) is 56.6 Å². The maximum atomic E-state index is 13.9. The van der Waals surface area contributed by atoms with Crippen LogP contribution in [0, 0.1) is 10.8 Å². The number of benzene rings is 1. The third-order valence-electron chi connectivity index (χ3n) is 9.85. The summed E-state index contributed by atoms with van der Waals surface area (Å²) in [7, 11) is -1.28. The Morgan fingerprint density at radius 2 is 1.73 bits per heavy atom. The molecule has 0 saturated heterocycles. The number of nitrogens with one attached hydrogen (secondary N) is 1. The van der Waals surface area contributed by atoms with Crippen LogP contribution in [0.2, 0.25) is 25.7 Å². The number of unbranched alkanes of at least 4 members (excludes halogenated alkanes) is 1. The first-order valence-corrected chi connectivity index (χ1v) is 21.3. The highest BCUT2D eigenvalue weighted by Gasteiger charge is 2.41. The second-order valence-electron chi connectivity index (χ2n) is 15.1. The van der Waals surface area contributed by atoms with Crippen LogP contribution in [0.25, 0.3) is 0 Å². The van der Waals surface area contributed by atoms with E-state index in [1.807, 2.05) is 41.8 Å². The Bertz CT molecular complexity index is 1780. The number of nitrogen functional groups attached to an aromatic ring is 1. The Balaban J connectivity index is 1.43. The van der Waals surface area contributed by atoms with Crippen LogP contribution < -0.4 is 22.7 Å². The van der Waals surface area contributed by atoms with E-state index in [-0.39, 0.29) is 30.4 Å². The van der Waals surface area contributed by atoms with Crippen LogP contribution in [0.4, 0.5) is 0 Å². The smallest absolute Gasteiger partial charge is 0.348 e. The average Bonchev–Trinajstić information content (AvgIpc) is 3.85. The Hall–Kier alpha value is -3.75. The molecule has 0 spiro atoms. The van der Waals surface area contributed by atoms with Crippen molar-refractivity contribution in [3.05, 3.63) is 78.6 Å². The molecular weight excluding hydrogens is 643 g/mol. The van der Waals surface area contributed by atoms with Crippen LogP contribution in [0.5, 0.6) is 5.88 Å². The van der Waals surface area contributed by atoms with Gasteiger partial charge in [-0.3, -0.25) is 23.9 Å². The average molecular weight is 696 g/mol. The van der Waals surface area contributed by atoms with Gasteiger partial charge >= 0.3 is 11.4 Å². The summed E-state index contributed by atoms with van der Waals surface area (Å²) in [5.41, 5.74) is 4.44. The van der Waals surface area contributed by atoms with Gasteiger partial charge in [0.25, 0.3) is 5.56 Å². The van der Waals surface area contributed by atoms with Gasteiger partial charge in [-0.1, -0.05) is 63.3 Å². The highest BCUT2D eigenvalue weighted by molar-refractivity contribution is 6.76. The van der Waals surface area contributed by atoms with Crippen molar-refractivity contribution in [3.63, 3.8) is 0 Å². The molecule has 0 aliphatic heterocycles.